The van der Waals surface area contributed by atoms with E-state index >= 15 is 0 Å². The van der Waals surface area contributed by atoms with Gasteiger partial charge in [-0.3, -0.25) is 4.79 Å². The van der Waals surface area contributed by atoms with Crippen LogP contribution in [0.3, 0.4) is 0 Å². The summed E-state index contributed by atoms with van der Waals surface area (Å²) in [7, 11) is 0. The summed E-state index contributed by atoms with van der Waals surface area (Å²) in [5, 5.41) is 5.24. The molecule has 5 nitrogen and oxygen atoms in total. The largest absolute Gasteiger partial charge is 0.366 e. The molecule has 0 aliphatic heterocycles. The molecule has 0 bridgehead atoms. The van der Waals surface area contributed by atoms with Crippen LogP contribution in [-0.2, 0) is 0 Å². The number of anilines is 2. The van der Waals surface area contributed by atoms with Gasteiger partial charge in [0.05, 0.1) is 11.3 Å². The van der Waals surface area contributed by atoms with Crippen molar-refractivity contribution < 1.29 is 9.59 Å². The summed E-state index contributed by atoms with van der Waals surface area (Å²) in [6.07, 6.45) is 0. The molecule has 4 N–H and O–H groups in total. The Labute approximate surface area is 110 Å². The van der Waals surface area contributed by atoms with E-state index in [9.17, 15) is 9.59 Å². The van der Waals surface area contributed by atoms with Crippen molar-refractivity contribution >= 4 is 23.3 Å². The second kappa shape index (κ2) is 5.68. The molecule has 0 aromatic heterocycles. The summed E-state index contributed by atoms with van der Waals surface area (Å²) in [5.74, 6) is -0.587. The van der Waals surface area contributed by atoms with E-state index in [1.165, 1.54) is 0 Å². The minimum atomic E-state index is -0.587. The first-order valence-electron chi connectivity index (χ1n) is 5.68. The third-order valence-electron chi connectivity index (χ3n) is 2.47. The molecule has 0 saturated heterocycles. The third-order valence-corrected chi connectivity index (χ3v) is 2.47. The number of benzene rings is 2. The maximum absolute atomic E-state index is 11.8. The van der Waals surface area contributed by atoms with Gasteiger partial charge in [0.15, 0.2) is 0 Å². The van der Waals surface area contributed by atoms with Gasteiger partial charge in [-0.1, -0.05) is 30.3 Å². The van der Waals surface area contributed by atoms with Crippen LogP contribution in [0.5, 0.6) is 0 Å². The molecule has 3 amide bonds. The number of nitrogens with two attached hydrogens (primary N) is 1. The minimum Gasteiger partial charge on any atom is -0.366 e. The molecule has 0 saturated carbocycles. The fourth-order valence-electron chi connectivity index (χ4n) is 1.61. The fourth-order valence-corrected chi connectivity index (χ4v) is 1.61. The molecule has 96 valence electrons. The highest BCUT2D eigenvalue weighted by Crippen LogP contribution is 2.15. The summed E-state index contributed by atoms with van der Waals surface area (Å²) >= 11 is 0. The molecule has 2 rings (SSSR count). The molecule has 2 aromatic rings. The van der Waals surface area contributed by atoms with Gasteiger partial charge in [0.1, 0.15) is 0 Å². The van der Waals surface area contributed by atoms with Crippen molar-refractivity contribution in [2.75, 3.05) is 10.6 Å². The van der Waals surface area contributed by atoms with Gasteiger partial charge >= 0.3 is 6.03 Å². The van der Waals surface area contributed by atoms with Gasteiger partial charge in [0.2, 0.25) is 0 Å². The van der Waals surface area contributed by atoms with E-state index < -0.39 is 11.9 Å². The monoisotopic (exact) mass is 255 g/mol. The number of para-hydroxylation sites is 2. The lowest BCUT2D eigenvalue weighted by molar-refractivity contribution is 0.100. The van der Waals surface area contributed by atoms with Crippen molar-refractivity contribution in [2.24, 2.45) is 5.73 Å². The average Bonchev–Trinajstić information content (AvgIpc) is 2.40. The van der Waals surface area contributed by atoms with E-state index in [0.717, 1.165) is 0 Å². The second-order valence-corrected chi connectivity index (χ2v) is 3.85. The van der Waals surface area contributed by atoms with Crippen LogP contribution in [0.4, 0.5) is 16.2 Å². The molecule has 0 unspecified atom stereocenters. The molecule has 0 radical (unpaired) electrons. The van der Waals surface area contributed by atoms with E-state index in [1.807, 2.05) is 18.2 Å². The molecular formula is C14H13N3O2. The van der Waals surface area contributed by atoms with Crippen molar-refractivity contribution in [3.63, 3.8) is 0 Å². The SMILES string of the molecule is NC(=O)c1ccccc1NC(=O)Nc1ccccc1. The van der Waals surface area contributed by atoms with Crippen LogP contribution in [0.15, 0.2) is 54.6 Å². The quantitative estimate of drug-likeness (QED) is 0.787. The number of primary amides is 1. The highest BCUT2D eigenvalue weighted by molar-refractivity contribution is 6.06. The van der Waals surface area contributed by atoms with E-state index in [4.69, 9.17) is 5.73 Å². The highest BCUT2D eigenvalue weighted by atomic mass is 16.2. The zero-order valence-electron chi connectivity index (χ0n) is 10.1. The lowest BCUT2D eigenvalue weighted by Crippen LogP contribution is -2.22. The number of carbonyl (C=O) groups is 2. The van der Waals surface area contributed by atoms with Crippen molar-refractivity contribution in [1.82, 2.24) is 0 Å². The molecule has 0 spiro atoms. The maximum atomic E-state index is 11.8. The minimum absolute atomic E-state index is 0.269. The van der Waals surface area contributed by atoms with Gasteiger partial charge < -0.3 is 16.4 Å². The van der Waals surface area contributed by atoms with Crippen LogP contribution in [0.2, 0.25) is 0 Å². The lowest BCUT2D eigenvalue weighted by Gasteiger charge is -2.09. The maximum Gasteiger partial charge on any atom is 0.323 e. The third kappa shape index (κ3) is 3.32. The number of amides is 3. The van der Waals surface area contributed by atoms with Crippen LogP contribution in [0.25, 0.3) is 0 Å². The van der Waals surface area contributed by atoms with Crippen molar-refractivity contribution in [3.05, 3.63) is 60.2 Å². The number of hydrogen-bond donors (Lipinski definition) is 3. The topological polar surface area (TPSA) is 84.2 Å². The first kappa shape index (κ1) is 12.6. The smallest absolute Gasteiger partial charge is 0.323 e. The average molecular weight is 255 g/mol. The lowest BCUT2D eigenvalue weighted by atomic mass is 10.1. The molecular weight excluding hydrogens is 242 g/mol. The van der Waals surface area contributed by atoms with Gasteiger partial charge in [-0.15, -0.1) is 0 Å². The zero-order chi connectivity index (χ0) is 13.7. The fraction of sp³-hybridized carbons (Fsp3) is 0. The molecule has 2 aromatic carbocycles. The number of carbonyl (C=O) groups excluding carboxylic acids is 2. The Balaban J connectivity index is 2.09. The van der Waals surface area contributed by atoms with E-state index in [-0.39, 0.29) is 5.56 Å². The van der Waals surface area contributed by atoms with Crippen LogP contribution < -0.4 is 16.4 Å². The Morgan fingerprint density at radius 2 is 1.47 bits per heavy atom. The molecule has 0 heterocycles. The molecule has 0 aliphatic rings. The number of hydrogen-bond acceptors (Lipinski definition) is 2. The predicted molar refractivity (Wildman–Crippen MR) is 74.0 cm³/mol. The first-order valence-corrected chi connectivity index (χ1v) is 5.68. The molecule has 5 heteroatoms. The van der Waals surface area contributed by atoms with Gasteiger partial charge in [0.25, 0.3) is 5.91 Å². The normalized spacial score (nSPS) is 9.68. The van der Waals surface area contributed by atoms with Crippen molar-refractivity contribution in [2.45, 2.75) is 0 Å². The summed E-state index contributed by atoms with van der Waals surface area (Å²) in [4.78, 5) is 23.0. The first-order chi connectivity index (χ1) is 9.16. The highest BCUT2D eigenvalue weighted by Gasteiger charge is 2.09. The summed E-state index contributed by atoms with van der Waals surface area (Å²) < 4.78 is 0. The van der Waals surface area contributed by atoms with Gasteiger partial charge in [-0.2, -0.15) is 0 Å². The zero-order valence-corrected chi connectivity index (χ0v) is 10.1. The molecule has 19 heavy (non-hydrogen) atoms. The Morgan fingerprint density at radius 1 is 0.842 bits per heavy atom. The van der Waals surface area contributed by atoms with Crippen LogP contribution in [-0.4, -0.2) is 11.9 Å². The number of nitrogens with one attached hydrogen (secondary N) is 2. The summed E-state index contributed by atoms with van der Waals surface area (Å²) in [6.45, 7) is 0. The predicted octanol–water partition coefficient (Wildman–Crippen LogP) is 2.43. The van der Waals surface area contributed by atoms with Crippen LogP contribution in [0, 0.1) is 0 Å². The Hall–Kier alpha value is -2.82. The Kier molecular flexibility index (Phi) is 3.78. The Bertz CT molecular complexity index is 597. The van der Waals surface area contributed by atoms with Gasteiger partial charge in [-0.25, -0.2) is 4.79 Å². The van der Waals surface area contributed by atoms with Gasteiger partial charge in [-0.05, 0) is 24.3 Å². The summed E-state index contributed by atoms with van der Waals surface area (Å²) in [5.41, 5.74) is 6.54. The van der Waals surface area contributed by atoms with Gasteiger partial charge in [0, 0.05) is 5.69 Å². The second-order valence-electron chi connectivity index (χ2n) is 3.85. The molecule has 0 atom stereocenters. The molecule has 0 aliphatic carbocycles. The number of urea groups is 1. The van der Waals surface area contributed by atoms with Crippen molar-refractivity contribution in [1.29, 1.82) is 0 Å². The van der Waals surface area contributed by atoms with E-state index in [1.54, 1.807) is 36.4 Å². The van der Waals surface area contributed by atoms with Crippen molar-refractivity contribution in [3.8, 4) is 0 Å². The van der Waals surface area contributed by atoms with E-state index in [2.05, 4.69) is 10.6 Å². The van der Waals surface area contributed by atoms with Crippen LogP contribution >= 0.6 is 0 Å². The Morgan fingerprint density at radius 3 is 2.16 bits per heavy atom. The van der Waals surface area contributed by atoms with E-state index in [0.29, 0.717) is 11.4 Å². The molecule has 0 fully saturated rings. The standard InChI is InChI=1S/C14H13N3O2/c15-13(18)11-8-4-5-9-12(11)17-14(19)16-10-6-2-1-3-7-10/h1-9H,(H2,15,18)(H2,16,17,19). The number of rotatable bonds is 3. The summed E-state index contributed by atoms with van der Waals surface area (Å²) in [6, 6.07) is 15.1. The van der Waals surface area contributed by atoms with Crippen LogP contribution in [0.1, 0.15) is 10.4 Å².